The van der Waals surface area contributed by atoms with Crippen LogP contribution in [0.15, 0.2) is 47.7 Å². The number of aromatic nitrogens is 2. The molecule has 4 N–H and O–H groups in total. The van der Waals surface area contributed by atoms with Crippen molar-refractivity contribution in [2.75, 3.05) is 6.54 Å². The number of ether oxygens (including phenoxy) is 1. The molecule has 3 atom stereocenters. The van der Waals surface area contributed by atoms with Crippen molar-refractivity contribution < 1.29 is 94.1 Å². The summed E-state index contributed by atoms with van der Waals surface area (Å²) in [6, 6.07) is 9.18. The SMILES string of the molecule is Cc1ncc(C(NC(=O)OCc2ccccc2)C2CCCC(C)(F)C2)[nH]1.[CH2-]CC(C[CH2-])C(C(=N)C[CH-]C(=O)NC[CH-]C(F)(F)F)=C(C)C.[U+2].[U+2]. The largest absolute Gasteiger partial charge is 2.00 e. The van der Waals surface area contributed by atoms with Gasteiger partial charge in [0.25, 0.3) is 6.18 Å². The molecule has 1 aromatic carbocycles. The van der Waals surface area contributed by atoms with Crippen molar-refractivity contribution in [2.24, 2.45) is 11.8 Å². The molecular formula is C36H49F4N5O3U2. The minimum atomic E-state index is -4.41. The summed E-state index contributed by atoms with van der Waals surface area (Å²) in [4.78, 5) is 31.2. The molecule has 14 heteroatoms. The fraction of sp³-hybridized carbons (Fsp3) is 0.500. The third kappa shape index (κ3) is 18.2. The molecule has 3 rings (SSSR count). The minimum Gasteiger partial charge on any atom is -0.445 e. The molecule has 0 aliphatic heterocycles. The number of imidazole rings is 1. The van der Waals surface area contributed by atoms with Crippen molar-refractivity contribution in [2.45, 2.75) is 97.1 Å². The third-order valence-electron chi connectivity index (χ3n) is 8.05. The van der Waals surface area contributed by atoms with E-state index >= 15 is 0 Å². The number of nitrogens with zero attached hydrogens (tertiary/aromatic N) is 1. The fourth-order valence-electron chi connectivity index (χ4n) is 5.74. The van der Waals surface area contributed by atoms with Gasteiger partial charge in [0.2, 0.25) is 0 Å². The van der Waals surface area contributed by atoms with E-state index in [1.165, 1.54) is 6.42 Å². The van der Waals surface area contributed by atoms with Gasteiger partial charge in [0.1, 0.15) is 18.1 Å². The van der Waals surface area contributed by atoms with E-state index < -0.39 is 30.4 Å². The van der Waals surface area contributed by atoms with E-state index in [9.17, 15) is 27.2 Å². The molecule has 1 aliphatic carbocycles. The van der Waals surface area contributed by atoms with Gasteiger partial charge < -0.3 is 44.4 Å². The topological polar surface area (TPSA) is 120 Å². The molecule has 0 spiro atoms. The normalized spacial score (nSPS) is 17.5. The summed E-state index contributed by atoms with van der Waals surface area (Å²) < 4.78 is 55.6. The number of hydrogen-bond acceptors (Lipinski definition) is 5. The van der Waals surface area contributed by atoms with Crippen LogP contribution in [0.2, 0.25) is 0 Å². The molecule has 1 heterocycles. The fourth-order valence-corrected chi connectivity index (χ4v) is 5.74. The number of nitrogens with one attached hydrogen (secondary N) is 4. The predicted octanol–water partition coefficient (Wildman–Crippen LogP) is 8.49. The molecule has 2 amide bonds. The smallest absolute Gasteiger partial charge is 0.445 e. The van der Waals surface area contributed by atoms with Gasteiger partial charge in [-0.15, -0.1) is 13.0 Å². The van der Waals surface area contributed by atoms with E-state index in [1.54, 1.807) is 13.1 Å². The second-order valence-corrected chi connectivity index (χ2v) is 12.4. The first kappa shape index (κ1) is 48.3. The van der Waals surface area contributed by atoms with Crippen LogP contribution in [0, 0.1) is 113 Å². The van der Waals surface area contributed by atoms with Gasteiger partial charge in [0.15, 0.2) is 0 Å². The Balaban J connectivity index is 0.000000939. The van der Waals surface area contributed by atoms with E-state index in [0.717, 1.165) is 41.1 Å². The van der Waals surface area contributed by atoms with Crippen LogP contribution in [0.4, 0.5) is 22.4 Å². The Morgan fingerprint density at radius 1 is 1.18 bits per heavy atom. The second-order valence-electron chi connectivity index (χ2n) is 12.4. The number of carbonyl (C=O) groups excluding carboxylic acids is 2. The summed E-state index contributed by atoms with van der Waals surface area (Å²) in [5.41, 5.74) is 2.56. The Kier molecular flexibility index (Phi) is 22.9. The molecule has 1 aliphatic rings. The standard InChI is InChI=1S/C20H26FN3O2.C16H23F3N2O.2U/c1-14-22-12-17(23-14)18(16-9-6-10-20(2,21)11-16)24-19(25)26-13-15-7-4-3-5-8-15;1-5-12(6-2)15(11(3)4)13(20)7-8-14(22)21-10-9-16(17,18)19;;/h3-5,7-8,12,16,18H,6,9-11,13H2,1-2H3,(H,22,23)(H,24,25);8-9,12,20H,1-2,5-7,10H2,3-4H3,(H,21,22);;/q;-4;2*+2. The number of amides is 2. The summed E-state index contributed by atoms with van der Waals surface area (Å²) in [5.74, 6) is 0.192. The van der Waals surface area contributed by atoms with Gasteiger partial charge in [0, 0.05) is 5.71 Å². The number of allylic oxidation sites excluding steroid dienone is 2. The first-order chi connectivity index (χ1) is 22.5. The molecule has 272 valence electrons. The van der Waals surface area contributed by atoms with Crippen molar-refractivity contribution in [1.29, 1.82) is 5.41 Å². The number of alkyl carbamates (subject to hydrolysis) is 1. The summed E-state index contributed by atoms with van der Waals surface area (Å²) in [5, 5.41) is 13.1. The van der Waals surface area contributed by atoms with Gasteiger partial charge in [-0.3, -0.25) is 6.42 Å². The quantitative estimate of drug-likeness (QED) is 0.0863. The van der Waals surface area contributed by atoms with Gasteiger partial charge in [-0.05, 0) is 70.4 Å². The zero-order chi connectivity index (χ0) is 35.9. The minimum absolute atomic E-state index is 0. The van der Waals surface area contributed by atoms with Crippen molar-refractivity contribution >= 4 is 17.7 Å². The zero-order valence-electron chi connectivity index (χ0n) is 29.3. The van der Waals surface area contributed by atoms with Gasteiger partial charge in [-0.2, -0.15) is 12.8 Å². The van der Waals surface area contributed by atoms with Crippen molar-refractivity contribution in [3.05, 3.63) is 91.4 Å². The Bertz CT molecular complexity index is 1340. The second kappa shape index (κ2) is 23.8. The van der Waals surface area contributed by atoms with Crippen LogP contribution >= 0.6 is 0 Å². The molecule has 0 saturated heterocycles. The number of carbonyl (C=O) groups is 2. The van der Waals surface area contributed by atoms with Gasteiger partial charge >= 0.3 is 68.3 Å². The maximum absolute atomic E-state index is 14.5. The number of alkyl halides is 4. The monoisotopic (exact) mass is 1150 g/mol. The number of H-pyrrole nitrogens is 1. The molecule has 8 nitrogen and oxygen atoms in total. The maximum atomic E-state index is 14.5. The Morgan fingerprint density at radius 2 is 1.82 bits per heavy atom. The average molecular weight is 1150 g/mol. The van der Waals surface area contributed by atoms with Gasteiger partial charge in [-0.25, -0.2) is 33.8 Å². The first-order valence-corrected chi connectivity index (χ1v) is 16.1. The number of aryl methyl sites for hydroxylation is 1. The molecular weight excluding hydrogens is 1100 g/mol. The summed E-state index contributed by atoms with van der Waals surface area (Å²) in [7, 11) is 0. The molecule has 2 aromatic rings. The first-order valence-electron chi connectivity index (χ1n) is 16.1. The number of halogens is 4. The van der Waals surface area contributed by atoms with Crippen LogP contribution in [-0.4, -0.2) is 46.1 Å². The van der Waals surface area contributed by atoms with E-state index in [-0.39, 0.29) is 105 Å². The predicted molar refractivity (Wildman–Crippen MR) is 179 cm³/mol. The van der Waals surface area contributed by atoms with Crippen LogP contribution in [0.5, 0.6) is 0 Å². The summed E-state index contributed by atoms with van der Waals surface area (Å²) in [6.45, 7) is 14.5. The molecule has 3 unspecified atom stereocenters. The molecule has 1 aromatic heterocycles. The number of benzene rings is 1. The van der Waals surface area contributed by atoms with Crippen LogP contribution in [-0.2, 0) is 16.1 Å². The third-order valence-corrected chi connectivity index (χ3v) is 8.05. The van der Waals surface area contributed by atoms with E-state index in [0.29, 0.717) is 25.7 Å². The molecule has 1 saturated carbocycles. The van der Waals surface area contributed by atoms with Crippen molar-refractivity contribution in [3.63, 3.8) is 0 Å². The van der Waals surface area contributed by atoms with E-state index in [2.05, 4.69) is 34.4 Å². The molecule has 1 fully saturated rings. The van der Waals surface area contributed by atoms with Gasteiger partial charge in [0.05, 0.1) is 23.8 Å². The number of aromatic amines is 1. The summed E-state index contributed by atoms with van der Waals surface area (Å²) in [6.07, 6.45) is 1.94. The summed E-state index contributed by atoms with van der Waals surface area (Å²) >= 11 is 0. The zero-order valence-corrected chi connectivity index (χ0v) is 37.6. The van der Waals surface area contributed by atoms with E-state index in [4.69, 9.17) is 10.1 Å². The molecule has 0 bridgehead atoms. The number of hydrogen-bond donors (Lipinski definition) is 4. The van der Waals surface area contributed by atoms with Crippen LogP contribution in [0.3, 0.4) is 0 Å². The van der Waals surface area contributed by atoms with Crippen molar-refractivity contribution in [1.82, 2.24) is 20.6 Å². The Labute approximate surface area is 342 Å². The van der Waals surface area contributed by atoms with Gasteiger partial charge in [-0.1, -0.05) is 41.8 Å². The Morgan fingerprint density at radius 3 is 2.34 bits per heavy atom. The van der Waals surface area contributed by atoms with Crippen LogP contribution in [0.25, 0.3) is 0 Å². The van der Waals surface area contributed by atoms with Crippen molar-refractivity contribution in [3.8, 4) is 0 Å². The average Bonchev–Trinajstić information content (AvgIpc) is 3.45. The molecule has 50 heavy (non-hydrogen) atoms. The molecule has 0 radical (unpaired) electrons. The Hall–Kier alpha value is -1.73. The van der Waals surface area contributed by atoms with Crippen LogP contribution < -0.4 is 10.6 Å². The maximum Gasteiger partial charge on any atom is 2.00 e. The van der Waals surface area contributed by atoms with Crippen LogP contribution in [0.1, 0.15) is 88.8 Å². The van der Waals surface area contributed by atoms with E-state index in [1.807, 2.05) is 51.1 Å². The number of rotatable bonds is 14.